The van der Waals surface area contributed by atoms with E-state index in [-0.39, 0.29) is 23.1 Å². The van der Waals surface area contributed by atoms with Gasteiger partial charge in [0, 0.05) is 5.56 Å². The molecular weight excluding hydrogens is 406 g/mol. The van der Waals surface area contributed by atoms with Gasteiger partial charge in [0.1, 0.15) is 12.3 Å². The maximum Gasteiger partial charge on any atom is 0.292 e. The average Bonchev–Trinajstić information content (AvgIpc) is 3.00. The van der Waals surface area contributed by atoms with Crippen molar-refractivity contribution in [3.05, 3.63) is 54.1 Å². The van der Waals surface area contributed by atoms with Gasteiger partial charge >= 0.3 is 0 Å². The normalized spacial score (nSPS) is 16.9. The molecule has 0 spiro atoms. The van der Waals surface area contributed by atoms with Crippen LogP contribution in [0.4, 0.5) is 5.69 Å². The van der Waals surface area contributed by atoms with Crippen molar-refractivity contribution in [2.75, 3.05) is 11.5 Å². The molecule has 1 heterocycles. The molecule has 3 rings (SSSR count). The lowest BCUT2D eigenvalue weighted by Crippen LogP contribution is -2.90. The fourth-order valence-electron chi connectivity index (χ4n) is 3.23. The van der Waals surface area contributed by atoms with Gasteiger partial charge in [-0.05, 0) is 42.8 Å². The Morgan fingerprint density at radius 1 is 1.10 bits per heavy atom. The molecule has 0 saturated carbocycles. The number of nitrogens with two attached hydrogens (primary N) is 2. The highest BCUT2D eigenvalue weighted by molar-refractivity contribution is 7.89. The first-order valence-electron chi connectivity index (χ1n) is 9.84. The van der Waals surface area contributed by atoms with Gasteiger partial charge in [-0.1, -0.05) is 25.5 Å². The minimum atomic E-state index is -3.74. The summed E-state index contributed by atoms with van der Waals surface area (Å²) in [5, 5.41) is 6.88. The van der Waals surface area contributed by atoms with Crippen LogP contribution in [0.25, 0.3) is 0 Å². The zero-order valence-electron chi connectivity index (χ0n) is 16.8. The molecule has 0 bridgehead atoms. The van der Waals surface area contributed by atoms with Crippen molar-refractivity contribution in [2.24, 2.45) is 5.14 Å². The Morgan fingerprint density at radius 2 is 1.77 bits per heavy atom. The average molecular weight is 433 g/mol. The molecule has 1 unspecified atom stereocenters. The van der Waals surface area contributed by atoms with E-state index in [1.165, 1.54) is 17.0 Å². The van der Waals surface area contributed by atoms with Gasteiger partial charge in [-0.3, -0.25) is 9.59 Å². The van der Waals surface area contributed by atoms with Gasteiger partial charge in [0.15, 0.2) is 6.04 Å². The lowest BCUT2D eigenvalue weighted by atomic mass is 10.2. The molecule has 8 nitrogen and oxygen atoms in total. The van der Waals surface area contributed by atoms with Crippen molar-refractivity contribution in [3.8, 4) is 5.75 Å². The number of ether oxygens (including phenoxy) is 1. The fraction of sp³-hybridized carbons (Fsp3) is 0.333. The van der Waals surface area contributed by atoms with E-state index in [1.807, 2.05) is 0 Å². The number of carbonyl (C=O) groups is 2. The van der Waals surface area contributed by atoms with E-state index >= 15 is 0 Å². The molecule has 0 aromatic heterocycles. The third-order valence-electron chi connectivity index (χ3n) is 4.93. The molecule has 2 aromatic rings. The summed E-state index contributed by atoms with van der Waals surface area (Å²) >= 11 is 0. The number of carbonyl (C=O) groups excluding carboxylic acids is 2. The highest BCUT2D eigenvalue weighted by Crippen LogP contribution is 2.24. The zero-order valence-corrected chi connectivity index (χ0v) is 17.6. The molecule has 1 aliphatic heterocycles. The molecule has 2 amide bonds. The molecule has 4 N–H and O–H groups in total. The maximum absolute atomic E-state index is 12.8. The molecule has 2 aromatic carbocycles. The summed E-state index contributed by atoms with van der Waals surface area (Å²) < 4.78 is 28.3. The molecule has 30 heavy (non-hydrogen) atoms. The number of benzene rings is 2. The number of unbranched alkanes of at least 4 members (excludes halogenated alkanes) is 1. The van der Waals surface area contributed by atoms with Gasteiger partial charge in [0.05, 0.1) is 23.6 Å². The minimum Gasteiger partial charge on any atom is -0.494 e. The van der Waals surface area contributed by atoms with Crippen LogP contribution in [0, 0.1) is 0 Å². The summed E-state index contributed by atoms with van der Waals surface area (Å²) in [6.45, 7) is 3.16. The predicted molar refractivity (Wildman–Crippen MR) is 111 cm³/mol. The summed E-state index contributed by atoms with van der Waals surface area (Å²) in [7, 11) is -3.74. The van der Waals surface area contributed by atoms with Gasteiger partial charge in [0.2, 0.25) is 15.9 Å². The van der Waals surface area contributed by atoms with E-state index in [0.717, 1.165) is 18.4 Å². The second kappa shape index (κ2) is 9.38. The minimum absolute atomic E-state index is 0.0340. The van der Waals surface area contributed by atoms with Crippen LogP contribution in [-0.4, -0.2) is 32.9 Å². The standard InChI is InChI=1S/C21H25N3O5S/c1-2-3-12-29-17-8-6-16(7-9-17)24-20(25)13-19(21(24)26)23-14-15-4-10-18(11-5-15)30(22,27)28/h4-11,19,23H,2-3,12-14H2,1H3,(H2,22,27,28)/p+1. The van der Waals surface area contributed by atoms with Gasteiger partial charge in [-0.2, -0.15) is 0 Å². The van der Waals surface area contributed by atoms with Crippen LogP contribution in [0.2, 0.25) is 0 Å². The molecule has 1 aliphatic rings. The molecule has 1 atom stereocenters. The van der Waals surface area contributed by atoms with Crippen molar-refractivity contribution in [2.45, 2.75) is 43.7 Å². The van der Waals surface area contributed by atoms with E-state index in [2.05, 4.69) is 6.92 Å². The number of amides is 2. The van der Waals surface area contributed by atoms with E-state index in [4.69, 9.17) is 9.88 Å². The number of hydrogen-bond acceptors (Lipinski definition) is 5. The monoisotopic (exact) mass is 432 g/mol. The van der Waals surface area contributed by atoms with E-state index in [0.29, 0.717) is 24.6 Å². The molecule has 9 heteroatoms. The molecule has 0 radical (unpaired) electrons. The number of anilines is 1. The zero-order chi connectivity index (χ0) is 21.7. The highest BCUT2D eigenvalue weighted by atomic mass is 32.2. The lowest BCUT2D eigenvalue weighted by molar-refractivity contribution is -0.690. The van der Waals surface area contributed by atoms with Crippen molar-refractivity contribution >= 4 is 27.5 Å². The Labute approximate surface area is 176 Å². The highest BCUT2D eigenvalue weighted by Gasteiger charge is 2.42. The summed E-state index contributed by atoms with van der Waals surface area (Å²) in [4.78, 5) is 26.4. The van der Waals surface area contributed by atoms with Crippen molar-refractivity contribution < 1.29 is 28.1 Å². The number of rotatable bonds is 9. The summed E-state index contributed by atoms with van der Waals surface area (Å²) in [6.07, 6.45) is 2.12. The third kappa shape index (κ3) is 5.24. The fourth-order valence-corrected chi connectivity index (χ4v) is 3.75. The Bertz CT molecular complexity index is 1000. The first kappa shape index (κ1) is 21.9. The van der Waals surface area contributed by atoms with E-state index in [9.17, 15) is 18.0 Å². The van der Waals surface area contributed by atoms with Crippen LogP contribution >= 0.6 is 0 Å². The Balaban J connectivity index is 1.60. The molecule has 1 saturated heterocycles. The summed E-state index contributed by atoms with van der Waals surface area (Å²) in [6, 6.07) is 12.6. The number of sulfonamides is 1. The van der Waals surface area contributed by atoms with E-state index in [1.54, 1.807) is 41.7 Å². The van der Waals surface area contributed by atoms with Gasteiger partial charge in [-0.15, -0.1) is 0 Å². The largest absolute Gasteiger partial charge is 0.494 e. The first-order chi connectivity index (χ1) is 14.3. The molecule has 160 valence electrons. The van der Waals surface area contributed by atoms with Gasteiger partial charge in [0.25, 0.3) is 5.91 Å². The van der Waals surface area contributed by atoms with Crippen molar-refractivity contribution in [1.29, 1.82) is 0 Å². The SMILES string of the molecule is CCCCOc1ccc(N2C(=O)CC([NH2+]Cc3ccc(S(N)(=O)=O)cc3)C2=O)cc1. The first-order valence-corrected chi connectivity index (χ1v) is 11.4. The van der Waals surface area contributed by atoms with E-state index < -0.39 is 16.1 Å². The molecule has 1 fully saturated rings. The van der Waals surface area contributed by atoms with Crippen LogP contribution in [0.3, 0.4) is 0 Å². The summed E-state index contributed by atoms with van der Waals surface area (Å²) in [5.74, 6) is 0.198. The van der Waals surface area contributed by atoms with Crippen LogP contribution in [0.5, 0.6) is 5.75 Å². The maximum atomic E-state index is 12.8. The third-order valence-corrected chi connectivity index (χ3v) is 5.86. The predicted octanol–water partition coefficient (Wildman–Crippen LogP) is 0.908. The Morgan fingerprint density at radius 3 is 2.37 bits per heavy atom. The lowest BCUT2D eigenvalue weighted by Gasteiger charge is -2.15. The number of hydrogen-bond donors (Lipinski definition) is 2. The van der Waals surface area contributed by atoms with Crippen LogP contribution < -0.4 is 20.1 Å². The van der Waals surface area contributed by atoms with Crippen molar-refractivity contribution in [3.63, 3.8) is 0 Å². The summed E-state index contributed by atoms with van der Waals surface area (Å²) in [5.41, 5.74) is 1.36. The number of nitrogens with zero attached hydrogens (tertiary/aromatic N) is 1. The molecule has 0 aliphatic carbocycles. The second-order valence-electron chi connectivity index (χ2n) is 7.20. The van der Waals surface area contributed by atoms with Gasteiger partial charge < -0.3 is 10.1 Å². The van der Waals surface area contributed by atoms with Crippen LogP contribution in [0.1, 0.15) is 31.7 Å². The van der Waals surface area contributed by atoms with Gasteiger partial charge in [-0.25, -0.2) is 18.5 Å². The topological polar surface area (TPSA) is 123 Å². The smallest absolute Gasteiger partial charge is 0.292 e. The quantitative estimate of drug-likeness (QED) is 0.450. The molecular formula is C21H26N3O5S+. The number of imide groups is 1. The number of quaternary nitrogens is 1. The number of primary sulfonamides is 1. The van der Waals surface area contributed by atoms with Crippen LogP contribution in [0.15, 0.2) is 53.4 Å². The Hall–Kier alpha value is -2.75. The van der Waals surface area contributed by atoms with Crippen LogP contribution in [-0.2, 0) is 26.2 Å². The second-order valence-corrected chi connectivity index (χ2v) is 8.76. The van der Waals surface area contributed by atoms with Crippen molar-refractivity contribution in [1.82, 2.24) is 0 Å². The Kier molecular flexibility index (Phi) is 6.86.